The number of nitrogen functional groups attached to an aromatic ring is 1. The maximum atomic E-state index is 6.04. The van der Waals surface area contributed by atoms with Crippen LogP contribution in [-0.4, -0.2) is 10.2 Å². The molecule has 2 rings (SSSR count). The predicted octanol–water partition coefficient (Wildman–Crippen LogP) is 2.36. The third kappa shape index (κ3) is 3.06. The molecule has 3 N–H and O–H groups in total. The van der Waals surface area contributed by atoms with Crippen molar-refractivity contribution in [3.8, 4) is 5.75 Å². The quantitative estimate of drug-likeness (QED) is 0.659. The lowest BCUT2D eigenvalue weighted by Crippen LogP contribution is -2.05. The molecule has 0 amide bonds. The van der Waals surface area contributed by atoms with Gasteiger partial charge in [-0.3, -0.25) is 5.43 Å². The van der Waals surface area contributed by atoms with Crippen molar-refractivity contribution in [2.75, 3.05) is 5.43 Å². The van der Waals surface area contributed by atoms with Gasteiger partial charge in [0.05, 0.1) is 5.02 Å². The Morgan fingerprint density at radius 1 is 1.47 bits per heavy atom. The van der Waals surface area contributed by atoms with E-state index in [-0.39, 0.29) is 0 Å². The van der Waals surface area contributed by atoms with Gasteiger partial charge < -0.3 is 4.74 Å². The van der Waals surface area contributed by atoms with Crippen LogP contribution in [0.25, 0.3) is 0 Å². The maximum absolute atomic E-state index is 6.04. The number of ether oxygens (including phenoxy) is 1. The van der Waals surface area contributed by atoms with Crippen LogP contribution >= 0.6 is 22.9 Å². The molecule has 0 saturated heterocycles. The Hall–Kier alpha value is -1.37. The zero-order valence-electron chi connectivity index (χ0n) is 9.11. The molecule has 0 aliphatic carbocycles. The van der Waals surface area contributed by atoms with Gasteiger partial charge in [0.15, 0.2) is 5.01 Å². The molecule has 0 saturated carbocycles. The van der Waals surface area contributed by atoms with Crippen molar-refractivity contribution in [2.24, 2.45) is 5.84 Å². The van der Waals surface area contributed by atoms with Crippen molar-refractivity contribution < 1.29 is 4.74 Å². The average molecular weight is 271 g/mol. The summed E-state index contributed by atoms with van der Waals surface area (Å²) in [4.78, 5) is 0. The molecule has 2 aromatic rings. The molecule has 1 aromatic heterocycles. The van der Waals surface area contributed by atoms with E-state index < -0.39 is 0 Å². The molecule has 0 fully saturated rings. The van der Waals surface area contributed by atoms with Crippen LogP contribution < -0.4 is 16.0 Å². The SMILES string of the molecule is Cc1ccc(OCc2nnc(NN)s2)c(Cl)c1. The highest BCUT2D eigenvalue weighted by atomic mass is 35.5. The molecule has 90 valence electrons. The Kier molecular flexibility index (Phi) is 3.78. The fourth-order valence-electron chi connectivity index (χ4n) is 1.23. The number of aryl methyl sites for hydroxylation is 1. The van der Waals surface area contributed by atoms with Crippen LogP contribution in [0, 0.1) is 6.92 Å². The van der Waals surface area contributed by atoms with Crippen molar-refractivity contribution in [3.05, 3.63) is 33.8 Å². The molecule has 1 heterocycles. The number of halogens is 1. The van der Waals surface area contributed by atoms with Gasteiger partial charge in [-0.25, -0.2) is 5.84 Å². The van der Waals surface area contributed by atoms with Gasteiger partial charge in [0, 0.05) is 0 Å². The van der Waals surface area contributed by atoms with Gasteiger partial charge in [0.2, 0.25) is 5.13 Å². The number of hydrogen-bond donors (Lipinski definition) is 2. The van der Waals surface area contributed by atoms with E-state index in [9.17, 15) is 0 Å². The first kappa shape index (κ1) is 12.1. The van der Waals surface area contributed by atoms with Crippen molar-refractivity contribution in [3.63, 3.8) is 0 Å². The Bertz CT molecular complexity index is 517. The van der Waals surface area contributed by atoms with E-state index in [1.807, 2.05) is 25.1 Å². The first-order valence-electron chi connectivity index (χ1n) is 4.87. The highest BCUT2D eigenvalue weighted by Gasteiger charge is 2.06. The van der Waals surface area contributed by atoms with Crippen LogP contribution in [0.15, 0.2) is 18.2 Å². The highest BCUT2D eigenvalue weighted by molar-refractivity contribution is 7.15. The lowest BCUT2D eigenvalue weighted by Gasteiger charge is -2.06. The third-order valence-electron chi connectivity index (χ3n) is 2.03. The number of nitrogens with one attached hydrogen (secondary N) is 1. The van der Waals surface area contributed by atoms with Crippen LogP contribution in [-0.2, 0) is 6.61 Å². The van der Waals surface area contributed by atoms with Crippen molar-refractivity contribution >= 4 is 28.1 Å². The van der Waals surface area contributed by atoms with E-state index >= 15 is 0 Å². The van der Waals surface area contributed by atoms with E-state index in [0.29, 0.717) is 22.5 Å². The average Bonchev–Trinajstić information content (AvgIpc) is 2.76. The summed E-state index contributed by atoms with van der Waals surface area (Å²) in [7, 11) is 0. The van der Waals surface area contributed by atoms with Gasteiger partial charge >= 0.3 is 0 Å². The largest absolute Gasteiger partial charge is 0.485 e. The minimum Gasteiger partial charge on any atom is -0.485 e. The van der Waals surface area contributed by atoms with Gasteiger partial charge in [-0.05, 0) is 24.6 Å². The molecule has 0 aliphatic heterocycles. The number of nitrogens with zero attached hydrogens (tertiary/aromatic N) is 2. The van der Waals surface area contributed by atoms with Gasteiger partial charge in [-0.2, -0.15) is 0 Å². The highest BCUT2D eigenvalue weighted by Crippen LogP contribution is 2.26. The molecular formula is C10H11ClN4OS. The van der Waals surface area contributed by atoms with Gasteiger partial charge in [0.25, 0.3) is 0 Å². The molecule has 1 aromatic carbocycles. The smallest absolute Gasteiger partial charge is 0.219 e. The van der Waals surface area contributed by atoms with E-state index in [1.54, 1.807) is 0 Å². The molecule has 0 atom stereocenters. The topological polar surface area (TPSA) is 73.1 Å². The molecule has 0 unspecified atom stereocenters. The summed E-state index contributed by atoms with van der Waals surface area (Å²) in [6.45, 7) is 2.29. The van der Waals surface area contributed by atoms with E-state index in [0.717, 1.165) is 10.6 Å². The zero-order chi connectivity index (χ0) is 12.3. The van der Waals surface area contributed by atoms with Gasteiger partial charge in [-0.15, -0.1) is 10.2 Å². The zero-order valence-corrected chi connectivity index (χ0v) is 10.7. The summed E-state index contributed by atoms with van der Waals surface area (Å²) >= 11 is 7.37. The van der Waals surface area contributed by atoms with Crippen molar-refractivity contribution in [2.45, 2.75) is 13.5 Å². The number of hydrazine groups is 1. The fraction of sp³-hybridized carbons (Fsp3) is 0.200. The summed E-state index contributed by atoms with van der Waals surface area (Å²) in [5.74, 6) is 5.84. The number of rotatable bonds is 4. The lowest BCUT2D eigenvalue weighted by molar-refractivity contribution is 0.304. The lowest BCUT2D eigenvalue weighted by atomic mass is 10.2. The number of anilines is 1. The van der Waals surface area contributed by atoms with E-state index in [4.69, 9.17) is 22.2 Å². The normalized spacial score (nSPS) is 10.3. The minimum absolute atomic E-state index is 0.322. The summed E-state index contributed by atoms with van der Waals surface area (Å²) < 4.78 is 5.54. The predicted molar refractivity (Wildman–Crippen MR) is 68.2 cm³/mol. The maximum Gasteiger partial charge on any atom is 0.219 e. The summed E-state index contributed by atoms with van der Waals surface area (Å²) in [6.07, 6.45) is 0. The molecule has 7 heteroatoms. The molecular weight excluding hydrogens is 260 g/mol. The first-order chi connectivity index (χ1) is 8.19. The second-order valence-electron chi connectivity index (χ2n) is 3.37. The summed E-state index contributed by atoms with van der Waals surface area (Å²) in [6, 6.07) is 5.62. The molecule has 0 aliphatic rings. The number of hydrogen-bond acceptors (Lipinski definition) is 6. The van der Waals surface area contributed by atoms with Crippen LogP contribution in [0.2, 0.25) is 5.02 Å². The molecule has 5 nitrogen and oxygen atoms in total. The Morgan fingerprint density at radius 3 is 2.94 bits per heavy atom. The van der Waals surface area contributed by atoms with Crippen LogP contribution in [0.3, 0.4) is 0 Å². The summed E-state index contributed by atoms with van der Waals surface area (Å²) in [5.41, 5.74) is 3.52. The molecule has 0 spiro atoms. The van der Waals surface area contributed by atoms with Crippen LogP contribution in [0.1, 0.15) is 10.6 Å². The van der Waals surface area contributed by atoms with Crippen molar-refractivity contribution in [1.29, 1.82) is 0 Å². The van der Waals surface area contributed by atoms with Gasteiger partial charge in [-0.1, -0.05) is 29.0 Å². The Morgan fingerprint density at radius 2 is 2.29 bits per heavy atom. The number of nitrogens with two attached hydrogens (primary N) is 1. The van der Waals surface area contributed by atoms with Gasteiger partial charge in [0.1, 0.15) is 12.4 Å². The molecule has 0 radical (unpaired) electrons. The Balaban J connectivity index is 2.02. The fourth-order valence-corrected chi connectivity index (χ4v) is 2.09. The molecule has 0 bridgehead atoms. The Labute approximate surface area is 108 Å². The second-order valence-corrected chi connectivity index (χ2v) is 4.84. The standard InChI is InChI=1S/C10H11ClN4OS/c1-6-2-3-8(7(11)4-6)16-5-9-14-15-10(13-12)17-9/h2-4H,5,12H2,1H3,(H,13,15). The van der Waals surface area contributed by atoms with E-state index in [2.05, 4.69) is 15.6 Å². The van der Waals surface area contributed by atoms with Crippen molar-refractivity contribution in [1.82, 2.24) is 10.2 Å². The number of benzene rings is 1. The number of aromatic nitrogens is 2. The third-order valence-corrected chi connectivity index (χ3v) is 3.15. The van der Waals surface area contributed by atoms with Crippen LogP contribution in [0.5, 0.6) is 5.75 Å². The minimum atomic E-state index is 0.322. The monoisotopic (exact) mass is 270 g/mol. The summed E-state index contributed by atoms with van der Waals surface area (Å²) in [5, 5.41) is 9.59. The van der Waals surface area contributed by atoms with E-state index in [1.165, 1.54) is 11.3 Å². The van der Waals surface area contributed by atoms with Crippen LogP contribution in [0.4, 0.5) is 5.13 Å². The molecule has 17 heavy (non-hydrogen) atoms. The second kappa shape index (κ2) is 5.31. The first-order valence-corrected chi connectivity index (χ1v) is 6.06.